The highest BCUT2D eigenvalue weighted by molar-refractivity contribution is 8.00. The molecule has 1 atom stereocenters. The minimum atomic E-state index is -0.242. The smallest absolute Gasteiger partial charge is 0.318 e. The molecule has 2 aliphatic rings. The molecule has 0 bridgehead atoms. The summed E-state index contributed by atoms with van der Waals surface area (Å²) in [6.07, 6.45) is 8.76. The fraction of sp³-hybridized carbons (Fsp3) is 0.800. The predicted octanol–water partition coefficient (Wildman–Crippen LogP) is 3.31. The van der Waals surface area contributed by atoms with Gasteiger partial charge >= 0.3 is 5.97 Å². The number of nitrogens with zero attached hydrogens (tertiary/aromatic N) is 3. The summed E-state index contributed by atoms with van der Waals surface area (Å²) in [6.45, 7) is 1.87. The molecule has 6 heteroatoms. The summed E-state index contributed by atoms with van der Waals surface area (Å²) in [6, 6.07) is 0.511. The van der Waals surface area contributed by atoms with Gasteiger partial charge in [0.1, 0.15) is 11.1 Å². The van der Waals surface area contributed by atoms with Crippen molar-refractivity contribution in [2.75, 3.05) is 7.11 Å². The van der Waals surface area contributed by atoms with E-state index < -0.39 is 0 Å². The maximum absolute atomic E-state index is 11.7. The van der Waals surface area contributed by atoms with Crippen LogP contribution in [0, 0.1) is 0 Å². The SMILES string of the molecule is COC(=O)C(C)Sc1nnc(C2CC2)n1C1CCCCC1. The largest absolute Gasteiger partial charge is 0.468 e. The summed E-state index contributed by atoms with van der Waals surface area (Å²) < 4.78 is 7.15. The Labute approximate surface area is 129 Å². The third kappa shape index (κ3) is 3.25. The quantitative estimate of drug-likeness (QED) is 0.617. The lowest BCUT2D eigenvalue weighted by molar-refractivity contribution is -0.139. The Hall–Kier alpha value is -1.04. The fourth-order valence-electron chi connectivity index (χ4n) is 3.04. The maximum atomic E-state index is 11.7. The number of esters is 1. The summed E-state index contributed by atoms with van der Waals surface area (Å²) in [7, 11) is 1.43. The molecule has 1 aromatic heterocycles. The minimum Gasteiger partial charge on any atom is -0.468 e. The van der Waals surface area contributed by atoms with Crippen molar-refractivity contribution in [3.8, 4) is 0 Å². The zero-order valence-corrected chi connectivity index (χ0v) is 13.6. The zero-order chi connectivity index (χ0) is 14.8. The summed E-state index contributed by atoms with van der Waals surface area (Å²) in [5, 5.41) is 9.46. The highest BCUT2D eigenvalue weighted by atomic mass is 32.2. The molecule has 1 aromatic rings. The van der Waals surface area contributed by atoms with Crippen LogP contribution in [0.1, 0.15) is 69.7 Å². The molecule has 3 rings (SSSR count). The highest BCUT2D eigenvalue weighted by Gasteiger charge is 2.34. The van der Waals surface area contributed by atoms with Crippen LogP contribution in [0.4, 0.5) is 0 Å². The van der Waals surface area contributed by atoms with Crippen LogP contribution in [0.15, 0.2) is 5.16 Å². The molecule has 2 fully saturated rings. The Morgan fingerprint density at radius 1 is 1.24 bits per heavy atom. The van der Waals surface area contributed by atoms with E-state index in [1.54, 1.807) is 0 Å². The Balaban J connectivity index is 1.83. The summed E-state index contributed by atoms with van der Waals surface area (Å²) in [5.74, 6) is 1.52. The van der Waals surface area contributed by atoms with Crippen molar-refractivity contribution < 1.29 is 9.53 Å². The van der Waals surface area contributed by atoms with E-state index in [-0.39, 0.29) is 11.2 Å². The third-order valence-corrected chi connectivity index (χ3v) is 5.42. The van der Waals surface area contributed by atoms with E-state index >= 15 is 0 Å². The van der Waals surface area contributed by atoms with Gasteiger partial charge in [0, 0.05) is 12.0 Å². The number of aromatic nitrogens is 3. The Kier molecular flexibility index (Phi) is 4.52. The van der Waals surface area contributed by atoms with Crippen LogP contribution in [0.3, 0.4) is 0 Å². The van der Waals surface area contributed by atoms with Gasteiger partial charge in [-0.3, -0.25) is 4.79 Å². The number of carbonyl (C=O) groups excluding carboxylic acids is 1. The normalized spacial score (nSPS) is 21.2. The summed E-state index contributed by atoms with van der Waals surface area (Å²) >= 11 is 1.48. The highest BCUT2D eigenvalue weighted by Crippen LogP contribution is 2.43. The molecule has 21 heavy (non-hydrogen) atoms. The number of methoxy groups -OCH3 is 1. The second-order valence-electron chi connectivity index (χ2n) is 6.06. The topological polar surface area (TPSA) is 57.0 Å². The second kappa shape index (κ2) is 6.38. The van der Waals surface area contributed by atoms with E-state index in [4.69, 9.17) is 4.74 Å². The van der Waals surface area contributed by atoms with Crippen molar-refractivity contribution in [3.63, 3.8) is 0 Å². The van der Waals surface area contributed by atoms with Crippen LogP contribution in [-0.2, 0) is 9.53 Å². The number of ether oxygens (including phenoxy) is 1. The number of hydrogen-bond acceptors (Lipinski definition) is 5. The Morgan fingerprint density at radius 2 is 1.95 bits per heavy atom. The average molecular weight is 309 g/mol. The van der Waals surface area contributed by atoms with Gasteiger partial charge in [0.2, 0.25) is 0 Å². The van der Waals surface area contributed by atoms with Gasteiger partial charge in [0.05, 0.1) is 7.11 Å². The Morgan fingerprint density at radius 3 is 2.57 bits per heavy atom. The molecular weight excluding hydrogens is 286 g/mol. The van der Waals surface area contributed by atoms with Crippen LogP contribution in [-0.4, -0.2) is 33.1 Å². The average Bonchev–Trinajstić information content (AvgIpc) is 3.28. The maximum Gasteiger partial charge on any atom is 0.318 e. The molecule has 2 aliphatic carbocycles. The fourth-order valence-corrected chi connectivity index (χ4v) is 4.00. The van der Waals surface area contributed by atoms with Gasteiger partial charge < -0.3 is 9.30 Å². The number of carbonyl (C=O) groups is 1. The molecule has 0 amide bonds. The molecule has 2 saturated carbocycles. The van der Waals surface area contributed by atoms with Gasteiger partial charge in [0.15, 0.2) is 5.16 Å². The van der Waals surface area contributed by atoms with Crippen molar-refractivity contribution in [1.82, 2.24) is 14.8 Å². The number of thioether (sulfide) groups is 1. The first-order chi connectivity index (χ1) is 10.2. The lowest BCUT2D eigenvalue weighted by Gasteiger charge is -2.26. The molecule has 0 N–H and O–H groups in total. The van der Waals surface area contributed by atoms with Gasteiger partial charge in [0.25, 0.3) is 0 Å². The van der Waals surface area contributed by atoms with Crippen molar-refractivity contribution in [2.45, 2.75) is 74.2 Å². The van der Waals surface area contributed by atoms with Crippen molar-refractivity contribution in [2.24, 2.45) is 0 Å². The molecule has 5 nitrogen and oxygen atoms in total. The van der Waals surface area contributed by atoms with Gasteiger partial charge in [-0.25, -0.2) is 0 Å². The molecule has 0 radical (unpaired) electrons. The molecule has 0 saturated heterocycles. The zero-order valence-electron chi connectivity index (χ0n) is 12.7. The van der Waals surface area contributed by atoms with Crippen molar-refractivity contribution in [3.05, 3.63) is 5.82 Å². The van der Waals surface area contributed by atoms with Crippen LogP contribution in [0.2, 0.25) is 0 Å². The summed E-state index contributed by atoms with van der Waals surface area (Å²) in [4.78, 5) is 11.7. The van der Waals surface area contributed by atoms with Gasteiger partial charge in [-0.15, -0.1) is 10.2 Å². The van der Waals surface area contributed by atoms with Crippen LogP contribution < -0.4 is 0 Å². The van der Waals surface area contributed by atoms with E-state index in [1.807, 2.05) is 6.92 Å². The van der Waals surface area contributed by atoms with Crippen LogP contribution in [0.25, 0.3) is 0 Å². The molecule has 0 aliphatic heterocycles. The lowest BCUT2D eigenvalue weighted by Crippen LogP contribution is -2.19. The van der Waals surface area contributed by atoms with E-state index in [1.165, 1.54) is 63.8 Å². The number of rotatable bonds is 5. The van der Waals surface area contributed by atoms with Crippen molar-refractivity contribution in [1.29, 1.82) is 0 Å². The lowest BCUT2D eigenvalue weighted by atomic mass is 9.95. The minimum absolute atomic E-state index is 0.203. The van der Waals surface area contributed by atoms with Crippen LogP contribution >= 0.6 is 11.8 Å². The van der Waals surface area contributed by atoms with Crippen molar-refractivity contribution >= 4 is 17.7 Å². The molecule has 116 valence electrons. The van der Waals surface area contributed by atoms with E-state index in [9.17, 15) is 4.79 Å². The Bertz CT molecular complexity index is 507. The molecule has 1 heterocycles. The molecule has 0 spiro atoms. The third-order valence-electron chi connectivity index (χ3n) is 4.39. The molecule has 0 aromatic carbocycles. The van der Waals surface area contributed by atoms with E-state index in [0.717, 1.165) is 11.0 Å². The predicted molar refractivity (Wildman–Crippen MR) is 81.5 cm³/mol. The van der Waals surface area contributed by atoms with E-state index in [0.29, 0.717) is 12.0 Å². The van der Waals surface area contributed by atoms with Gasteiger partial charge in [-0.05, 0) is 32.6 Å². The first-order valence-corrected chi connectivity index (χ1v) is 8.78. The monoisotopic (exact) mass is 309 g/mol. The number of hydrogen-bond donors (Lipinski definition) is 0. The summed E-state index contributed by atoms with van der Waals surface area (Å²) in [5.41, 5.74) is 0. The first-order valence-electron chi connectivity index (χ1n) is 7.90. The van der Waals surface area contributed by atoms with Crippen LogP contribution in [0.5, 0.6) is 0 Å². The van der Waals surface area contributed by atoms with E-state index in [2.05, 4.69) is 14.8 Å². The molecule has 1 unspecified atom stereocenters. The standard InChI is InChI=1S/C15H23N3O2S/c1-10(14(19)20-2)21-15-17-16-13(11-8-9-11)18(15)12-6-4-3-5-7-12/h10-12H,3-9H2,1-2H3. The first kappa shape index (κ1) is 14.9. The molecular formula is C15H23N3O2S. The van der Waals surface area contributed by atoms with Gasteiger partial charge in [-0.2, -0.15) is 0 Å². The second-order valence-corrected chi connectivity index (χ2v) is 7.37. The van der Waals surface area contributed by atoms with Gasteiger partial charge in [-0.1, -0.05) is 31.0 Å².